The van der Waals surface area contributed by atoms with Gasteiger partial charge >= 0.3 is 0 Å². The van der Waals surface area contributed by atoms with E-state index in [0.717, 1.165) is 6.42 Å². The van der Waals surface area contributed by atoms with Gasteiger partial charge in [-0.3, -0.25) is 4.55 Å². The predicted octanol–water partition coefficient (Wildman–Crippen LogP) is 0.394. The summed E-state index contributed by atoms with van der Waals surface area (Å²) in [6.45, 7) is 0.622. The first-order valence-electron chi connectivity index (χ1n) is 4.42. The first-order valence-corrected chi connectivity index (χ1v) is 6.44. The van der Waals surface area contributed by atoms with Crippen molar-refractivity contribution in [1.82, 2.24) is 20.2 Å². The van der Waals surface area contributed by atoms with Crippen LogP contribution in [0.4, 0.5) is 0 Å². The Morgan fingerprint density at radius 3 is 2.67 bits per heavy atom. The average Bonchev–Trinajstić information content (AvgIpc) is 2.49. The number of unbranched alkanes of at least 4 members (excludes halogenated alkanes) is 2. The molecule has 0 radical (unpaired) electrons. The molecule has 0 fully saturated rings. The van der Waals surface area contributed by atoms with E-state index < -0.39 is 10.1 Å². The van der Waals surface area contributed by atoms with E-state index in [9.17, 15) is 8.42 Å². The van der Waals surface area contributed by atoms with Crippen molar-refractivity contribution >= 4 is 22.3 Å². The molecule has 1 aromatic rings. The minimum absolute atomic E-state index is 0.195. The second kappa shape index (κ2) is 5.33. The summed E-state index contributed by atoms with van der Waals surface area (Å²) in [5, 5.41) is 9.70. The number of H-pyrrole nitrogens is 1. The van der Waals surface area contributed by atoms with Crippen LogP contribution in [0.1, 0.15) is 19.3 Å². The van der Waals surface area contributed by atoms with Crippen LogP contribution in [-0.4, -0.2) is 38.9 Å². The summed E-state index contributed by atoms with van der Waals surface area (Å²) in [7, 11) is -3.83. The molecule has 15 heavy (non-hydrogen) atoms. The van der Waals surface area contributed by atoms with E-state index in [-0.39, 0.29) is 5.75 Å². The molecule has 9 heteroatoms. The topological polar surface area (TPSA) is 101 Å². The second-order valence-electron chi connectivity index (χ2n) is 3.08. The maximum Gasteiger partial charge on any atom is 0.264 e. The van der Waals surface area contributed by atoms with Gasteiger partial charge in [-0.2, -0.15) is 13.6 Å². The molecular weight excluding hydrogens is 240 g/mol. The lowest BCUT2D eigenvalue weighted by atomic mass is 10.2. The van der Waals surface area contributed by atoms with Crippen LogP contribution in [0.5, 0.6) is 0 Å². The molecule has 1 aromatic heterocycles. The van der Waals surface area contributed by atoms with E-state index in [4.69, 9.17) is 16.8 Å². The number of rotatable bonds is 6. The van der Waals surface area contributed by atoms with E-state index in [1.807, 2.05) is 0 Å². The van der Waals surface area contributed by atoms with Crippen molar-refractivity contribution in [3.63, 3.8) is 0 Å². The molecule has 0 saturated heterocycles. The number of nitrogens with zero attached hydrogens (tertiary/aromatic N) is 3. The molecule has 7 nitrogen and oxygen atoms in total. The van der Waals surface area contributed by atoms with Crippen molar-refractivity contribution in [1.29, 1.82) is 0 Å². The zero-order valence-corrected chi connectivity index (χ0v) is 9.59. The summed E-state index contributed by atoms with van der Waals surface area (Å²) in [5.74, 6) is -0.195. The van der Waals surface area contributed by atoms with E-state index in [1.54, 1.807) is 4.68 Å². The van der Waals surface area contributed by atoms with Gasteiger partial charge in [-0.1, -0.05) is 16.7 Å². The Kier molecular flexibility index (Phi) is 4.36. The molecule has 0 aliphatic heterocycles. The fourth-order valence-corrected chi connectivity index (χ4v) is 1.83. The number of aromatic nitrogens is 4. The fraction of sp³-hybridized carbons (Fsp3) is 0.833. The van der Waals surface area contributed by atoms with Crippen molar-refractivity contribution in [3.8, 4) is 0 Å². The van der Waals surface area contributed by atoms with Gasteiger partial charge in [0.15, 0.2) is 0 Å². The quantitative estimate of drug-likeness (QED) is 0.431. The van der Waals surface area contributed by atoms with E-state index in [0.29, 0.717) is 24.2 Å². The Bertz CT molecular complexity index is 449. The van der Waals surface area contributed by atoms with Gasteiger partial charge in [0, 0.05) is 6.54 Å². The van der Waals surface area contributed by atoms with Gasteiger partial charge in [0.2, 0.25) is 4.77 Å². The third-order valence-corrected chi connectivity index (χ3v) is 2.92. The SMILES string of the molecule is O=S(=O)(O)CCCCCn1[nH]nnc1=S. The van der Waals surface area contributed by atoms with Crippen LogP contribution < -0.4 is 0 Å². The highest BCUT2D eigenvalue weighted by molar-refractivity contribution is 7.85. The Labute approximate surface area is 92.2 Å². The van der Waals surface area contributed by atoms with Crippen LogP contribution in [0.25, 0.3) is 0 Å². The fourth-order valence-electron chi connectivity index (χ4n) is 1.09. The van der Waals surface area contributed by atoms with Crippen LogP contribution in [0.15, 0.2) is 0 Å². The molecule has 0 spiro atoms. The Morgan fingerprint density at radius 2 is 2.13 bits per heavy atom. The first-order chi connectivity index (χ1) is 6.99. The van der Waals surface area contributed by atoms with Crippen molar-refractivity contribution in [2.45, 2.75) is 25.8 Å². The van der Waals surface area contributed by atoms with E-state index >= 15 is 0 Å². The van der Waals surface area contributed by atoms with Gasteiger partial charge in [0.1, 0.15) is 0 Å². The van der Waals surface area contributed by atoms with Crippen LogP contribution in [0.2, 0.25) is 0 Å². The van der Waals surface area contributed by atoms with Crippen LogP contribution in [0, 0.1) is 4.77 Å². The summed E-state index contributed by atoms with van der Waals surface area (Å²) in [5.41, 5.74) is 0. The smallest absolute Gasteiger partial charge is 0.264 e. The molecule has 0 aromatic carbocycles. The Balaban J connectivity index is 2.18. The van der Waals surface area contributed by atoms with Crippen molar-refractivity contribution in [2.24, 2.45) is 0 Å². The zero-order valence-electron chi connectivity index (χ0n) is 7.96. The first kappa shape index (κ1) is 12.3. The lowest BCUT2D eigenvalue weighted by Gasteiger charge is -2.00. The number of aromatic amines is 1. The molecule has 2 N–H and O–H groups in total. The largest absolute Gasteiger partial charge is 0.286 e. The van der Waals surface area contributed by atoms with Gasteiger partial charge in [-0.05, 0) is 25.1 Å². The van der Waals surface area contributed by atoms with Crippen molar-refractivity contribution < 1.29 is 13.0 Å². The Hall–Kier alpha value is -0.800. The number of nitrogens with one attached hydrogen (secondary N) is 1. The molecule has 0 aliphatic rings. The monoisotopic (exact) mass is 252 g/mol. The molecule has 0 atom stereocenters. The molecule has 0 saturated carbocycles. The van der Waals surface area contributed by atoms with Crippen LogP contribution in [0.3, 0.4) is 0 Å². The third kappa shape index (κ3) is 5.00. The summed E-state index contributed by atoms with van der Waals surface area (Å²) in [6.07, 6.45) is 1.89. The molecule has 0 bridgehead atoms. The van der Waals surface area contributed by atoms with Gasteiger partial charge in [0.25, 0.3) is 10.1 Å². The normalized spacial score (nSPS) is 11.8. The van der Waals surface area contributed by atoms with E-state index in [1.165, 1.54) is 0 Å². The lowest BCUT2D eigenvalue weighted by Crippen LogP contribution is -2.05. The number of tetrazole rings is 1. The summed E-state index contributed by atoms with van der Waals surface area (Å²) < 4.78 is 31.2. The summed E-state index contributed by atoms with van der Waals surface area (Å²) in [4.78, 5) is 0. The predicted molar refractivity (Wildman–Crippen MR) is 55.5 cm³/mol. The minimum Gasteiger partial charge on any atom is -0.286 e. The highest BCUT2D eigenvalue weighted by Crippen LogP contribution is 2.00. The highest BCUT2D eigenvalue weighted by Gasteiger charge is 2.03. The lowest BCUT2D eigenvalue weighted by molar-refractivity contribution is 0.476. The van der Waals surface area contributed by atoms with Gasteiger partial charge in [0.05, 0.1) is 5.75 Å². The molecular formula is C6H12N4O3S2. The molecule has 1 rings (SSSR count). The standard InChI is InChI=1S/C6H12N4O3S2/c11-15(12,13)5-3-1-2-4-10-6(14)7-8-9-10/h1-5H2,(H,7,9,14)(H,11,12,13). The highest BCUT2D eigenvalue weighted by atomic mass is 32.2. The minimum atomic E-state index is -3.83. The number of hydrogen-bond donors (Lipinski definition) is 2. The van der Waals surface area contributed by atoms with Crippen molar-refractivity contribution in [2.75, 3.05) is 5.75 Å². The van der Waals surface area contributed by atoms with Crippen molar-refractivity contribution in [3.05, 3.63) is 4.77 Å². The molecule has 1 heterocycles. The second-order valence-corrected chi connectivity index (χ2v) is 5.02. The third-order valence-electron chi connectivity index (χ3n) is 1.82. The zero-order chi connectivity index (χ0) is 11.3. The van der Waals surface area contributed by atoms with E-state index in [2.05, 4.69) is 15.5 Å². The molecule has 0 amide bonds. The maximum absolute atomic E-state index is 10.4. The molecule has 0 aliphatic carbocycles. The average molecular weight is 252 g/mol. The van der Waals surface area contributed by atoms with Gasteiger partial charge in [-0.15, -0.1) is 0 Å². The van der Waals surface area contributed by atoms with Crippen LogP contribution >= 0.6 is 12.2 Å². The molecule has 86 valence electrons. The van der Waals surface area contributed by atoms with Gasteiger partial charge < -0.3 is 0 Å². The number of aryl methyl sites for hydroxylation is 1. The molecule has 0 unspecified atom stereocenters. The maximum atomic E-state index is 10.4. The van der Waals surface area contributed by atoms with Gasteiger partial charge in [-0.25, -0.2) is 4.68 Å². The Morgan fingerprint density at radius 1 is 1.40 bits per heavy atom. The number of hydrogen-bond acceptors (Lipinski definition) is 5. The summed E-state index contributed by atoms with van der Waals surface area (Å²) >= 11 is 4.84. The van der Waals surface area contributed by atoms with Crippen LogP contribution in [-0.2, 0) is 16.7 Å². The summed E-state index contributed by atoms with van der Waals surface area (Å²) in [6, 6.07) is 0.